The van der Waals surface area contributed by atoms with Gasteiger partial charge in [0.25, 0.3) is 5.91 Å². The second-order valence-electron chi connectivity index (χ2n) is 4.68. The number of carbonyl (C=O) groups excluding carboxylic acids is 1. The molecule has 0 spiro atoms. The van der Waals surface area contributed by atoms with Crippen LogP contribution in [0.3, 0.4) is 0 Å². The van der Waals surface area contributed by atoms with Gasteiger partial charge in [-0.3, -0.25) is 9.48 Å². The van der Waals surface area contributed by atoms with E-state index in [1.165, 1.54) is 6.07 Å². The highest BCUT2D eigenvalue weighted by molar-refractivity contribution is 5.95. The Morgan fingerprint density at radius 3 is 2.79 bits per heavy atom. The summed E-state index contributed by atoms with van der Waals surface area (Å²) >= 11 is 0. The quantitative estimate of drug-likeness (QED) is 0.912. The standard InChI is InChI=1S/C14H17N3O2/c1-10-6-12(18)4-5-13(10)14(19)16(2)8-11-7-15-17(3)9-11/h4-7,9,18H,8H2,1-3H3. The minimum absolute atomic E-state index is 0.0682. The van der Waals surface area contributed by atoms with Crippen LogP contribution in [-0.2, 0) is 13.6 Å². The number of phenolic OH excluding ortho intramolecular Hbond substituents is 1. The molecule has 2 rings (SSSR count). The van der Waals surface area contributed by atoms with Gasteiger partial charge < -0.3 is 10.0 Å². The minimum Gasteiger partial charge on any atom is -0.508 e. The normalized spacial score (nSPS) is 10.5. The summed E-state index contributed by atoms with van der Waals surface area (Å²) in [6.07, 6.45) is 3.63. The molecule has 0 saturated carbocycles. The van der Waals surface area contributed by atoms with Crippen molar-refractivity contribution in [2.24, 2.45) is 7.05 Å². The highest BCUT2D eigenvalue weighted by Gasteiger charge is 2.15. The van der Waals surface area contributed by atoms with Crippen LogP contribution in [-0.4, -0.2) is 32.7 Å². The number of benzene rings is 1. The first-order valence-electron chi connectivity index (χ1n) is 6.00. The van der Waals surface area contributed by atoms with Gasteiger partial charge in [0.1, 0.15) is 5.75 Å². The van der Waals surface area contributed by atoms with E-state index in [4.69, 9.17) is 0 Å². The molecule has 1 aromatic heterocycles. The molecule has 0 aliphatic heterocycles. The van der Waals surface area contributed by atoms with Gasteiger partial charge >= 0.3 is 0 Å². The number of phenols is 1. The molecule has 5 heteroatoms. The molecule has 100 valence electrons. The largest absolute Gasteiger partial charge is 0.508 e. The van der Waals surface area contributed by atoms with Crippen LogP contribution in [0.1, 0.15) is 21.5 Å². The first kappa shape index (κ1) is 13.1. The molecule has 1 N–H and O–H groups in total. The molecule has 1 aromatic carbocycles. The summed E-state index contributed by atoms with van der Waals surface area (Å²) in [6, 6.07) is 4.76. The van der Waals surface area contributed by atoms with Gasteiger partial charge in [-0.2, -0.15) is 5.10 Å². The molecule has 0 bridgehead atoms. The maximum absolute atomic E-state index is 12.3. The topological polar surface area (TPSA) is 58.4 Å². The number of aryl methyl sites for hydroxylation is 2. The summed E-state index contributed by atoms with van der Waals surface area (Å²) in [5.41, 5.74) is 2.35. The Labute approximate surface area is 112 Å². The average molecular weight is 259 g/mol. The summed E-state index contributed by atoms with van der Waals surface area (Å²) < 4.78 is 1.71. The predicted molar refractivity (Wildman–Crippen MR) is 71.8 cm³/mol. The van der Waals surface area contributed by atoms with Crippen LogP contribution < -0.4 is 0 Å². The fourth-order valence-electron chi connectivity index (χ4n) is 1.99. The van der Waals surface area contributed by atoms with Gasteiger partial charge in [0.15, 0.2) is 0 Å². The Morgan fingerprint density at radius 2 is 2.21 bits per heavy atom. The Morgan fingerprint density at radius 1 is 1.47 bits per heavy atom. The predicted octanol–water partition coefficient (Wildman–Crippen LogP) is 1.71. The minimum atomic E-state index is -0.0682. The number of amides is 1. The molecule has 19 heavy (non-hydrogen) atoms. The Balaban J connectivity index is 2.14. The second kappa shape index (κ2) is 5.14. The molecular weight excluding hydrogens is 242 g/mol. The van der Waals surface area contributed by atoms with Crippen molar-refractivity contribution in [2.75, 3.05) is 7.05 Å². The fourth-order valence-corrected chi connectivity index (χ4v) is 1.99. The second-order valence-corrected chi connectivity index (χ2v) is 4.68. The number of rotatable bonds is 3. The third kappa shape index (κ3) is 2.93. The zero-order valence-electron chi connectivity index (χ0n) is 11.3. The molecule has 2 aromatic rings. The number of aromatic nitrogens is 2. The first-order valence-corrected chi connectivity index (χ1v) is 6.00. The van der Waals surface area contributed by atoms with E-state index in [9.17, 15) is 9.90 Å². The molecule has 0 unspecified atom stereocenters. The number of hydrogen-bond acceptors (Lipinski definition) is 3. The molecule has 0 saturated heterocycles. The van der Waals surface area contributed by atoms with Crippen molar-refractivity contribution in [2.45, 2.75) is 13.5 Å². The van der Waals surface area contributed by atoms with E-state index >= 15 is 0 Å². The molecule has 0 fully saturated rings. The maximum atomic E-state index is 12.3. The zero-order chi connectivity index (χ0) is 14.0. The Hall–Kier alpha value is -2.30. The van der Waals surface area contributed by atoms with Crippen molar-refractivity contribution >= 4 is 5.91 Å². The smallest absolute Gasteiger partial charge is 0.254 e. The van der Waals surface area contributed by atoms with Gasteiger partial charge in [0.05, 0.1) is 6.20 Å². The lowest BCUT2D eigenvalue weighted by Crippen LogP contribution is -2.26. The van der Waals surface area contributed by atoms with Crippen molar-refractivity contribution in [3.63, 3.8) is 0 Å². The summed E-state index contributed by atoms with van der Waals surface area (Å²) in [4.78, 5) is 13.9. The van der Waals surface area contributed by atoms with Crippen LogP contribution in [0.5, 0.6) is 5.75 Å². The first-order chi connectivity index (χ1) is 8.97. The van der Waals surface area contributed by atoms with Crippen molar-refractivity contribution < 1.29 is 9.90 Å². The molecule has 0 aliphatic carbocycles. The van der Waals surface area contributed by atoms with E-state index in [1.807, 2.05) is 20.2 Å². The van der Waals surface area contributed by atoms with E-state index < -0.39 is 0 Å². The van der Waals surface area contributed by atoms with Gasteiger partial charge in [-0.25, -0.2) is 0 Å². The number of nitrogens with zero attached hydrogens (tertiary/aromatic N) is 3. The number of aromatic hydroxyl groups is 1. The third-order valence-electron chi connectivity index (χ3n) is 2.97. The summed E-state index contributed by atoms with van der Waals surface area (Å²) in [7, 11) is 3.59. The highest BCUT2D eigenvalue weighted by atomic mass is 16.3. The summed E-state index contributed by atoms with van der Waals surface area (Å²) in [6.45, 7) is 2.32. The average Bonchev–Trinajstić information content (AvgIpc) is 2.74. The summed E-state index contributed by atoms with van der Waals surface area (Å²) in [5, 5.41) is 13.4. The molecule has 0 radical (unpaired) electrons. The van der Waals surface area contributed by atoms with Gasteiger partial charge in [0, 0.05) is 38.0 Å². The lowest BCUT2D eigenvalue weighted by atomic mass is 10.1. The van der Waals surface area contributed by atoms with E-state index in [1.54, 1.807) is 35.0 Å². The van der Waals surface area contributed by atoms with Crippen LogP contribution in [0.2, 0.25) is 0 Å². The lowest BCUT2D eigenvalue weighted by molar-refractivity contribution is 0.0784. The van der Waals surface area contributed by atoms with Crippen LogP contribution in [0.25, 0.3) is 0 Å². The van der Waals surface area contributed by atoms with Gasteiger partial charge in [-0.1, -0.05) is 0 Å². The van der Waals surface area contributed by atoms with Crippen LogP contribution in [0.15, 0.2) is 30.6 Å². The van der Waals surface area contributed by atoms with E-state index in [0.717, 1.165) is 11.1 Å². The molecule has 5 nitrogen and oxygen atoms in total. The van der Waals surface area contributed by atoms with E-state index in [-0.39, 0.29) is 11.7 Å². The molecule has 0 aliphatic rings. The summed E-state index contributed by atoms with van der Waals surface area (Å²) in [5.74, 6) is 0.102. The van der Waals surface area contributed by atoms with E-state index in [0.29, 0.717) is 12.1 Å². The number of carbonyl (C=O) groups is 1. The van der Waals surface area contributed by atoms with Gasteiger partial charge in [-0.05, 0) is 30.7 Å². The molecular formula is C14H17N3O2. The van der Waals surface area contributed by atoms with Crippen LogP contribution >= 0.6 is 0 Å². The Kier molecular flexibility index (Phi) is 3.55. The van der Waals surface area contributed by atoms with Crippen molar-refractivity contribution in [3.05, 3.63) is 47.3 Å². The van der Waals surface area contributed by atoms with Crippen molar-refractivity contribution in [1.29, 1.82) is 0 Å². The van der Waals surface area contributed by atoms with Crippen LogP contribution in [0.4, 0.5) is 0 Å². The van der Waals surface area contributed by atoms with E-state index in [2.05, 4.69) is 5.10 Å². The van der Waals surface area contributed by atoms with Crippen molar-refractivity contribution in [3.8, 4) is 5.75 Å². The SMILES string of the molecule is Cc1cc(O)ccc1C(=O)N(C)Cc1cnn(C)c1. The van der Waals surface area contributed by atoms with Gasteiger partial charge in [-0.15, -0.1) is 0 Å². The maximum Gasteiger partial charge on any atom is 0.254 e. The third-order valence-corrected chi connectivity index (χ3v) is 2.97. The monoisotopic (exact) mass is 259 g/mol. The number of hydrogen-bond donors (Lipinski definition) is 1. The zero-order valence-corrected chi connectivity index (χ0v) is 11.3. The lowest BCUT2D eigenvalue weighted by Gasteiger charge is -2.17. The molecule has 1 heterocycles. The van der Waals surface area contributed by atoms with Crippen LogP contribution in [0, 0.1) is 6.92 Å². The van der Waals surface area contributed by atoms with Gasteiger partial charge in [0.2, 0.25) is 0 Å². The highest BCUT2D eigenvalue weighted by Crippen LogP contribution is 2.17. The molecule has 0 atom stereocenters. The van der Waals surface area contributed by atoms with Crippen molar-refractivity contribution in [1.82, 2.24) is 14.7 Å². The fraction of sp³-hybridized carbons (Fsp3) is 0.286. The molecule has 1 amide bonds. The Bertz CT molecular complexity index is 604.